The van der Waals surface area contributed by atoms with Crippen molar-refractivity contribution in [2.45, 2.75) is 13.0 Å². The maximum absolute atomic E-state index is 11.7. The summed E-state index contributed by atoms with van der Waals surface area (Å²) in [5.74, 6) is 0.757. The van der Waals surface area contributed by atoms with Gasteiger partial charge in [-0.05, 0) is 37.9 Å². The molecule has 3 nitrogen and oxygen atoms in total. The van der Waals surface area contributed by atoms with Gasteiger partial charge in [-0.2, -0.15) is 0 Å². The number of furan rings is 1. The summed E-state index contributed by atoms with van der Waals surface area (Å²) in [4.78, 5) is 0. The number of hydrogen-bond donors (Lipinski definition) is 1. The van der Waals surface area contributed by atoms with Crippen molar-refractivity contribution in [2.24, 2.45) is 0 Å². The first kappa shape index (κ1) is 14.1. The van der Waals surface area contributed by atoms with Gasteiger partial charge >= 0.3 is 0 Å². The maximum atomic E-state index is 11.7. The molecule has 0 bridgehead atoms. The molecule has 0 saturated heterocycles. The molecule has 0 unspecified atom stereocenters. The zero-order valence-corrected chi connectivity index (χ0v) is 11.5. The van der Waals surface area contributed by atoms with Crippen LogP contribution < -0.4 is 5.32 Å². The van der Waals surface area contributed by atoms with Crippen molar-refractivity contribution in [3.8, 4) is 0 Å². The van der Waals surface area contributed by atoms with E-state index in [9.17, 15) is 8.78 Å². The minimum absolute atomic E-state index is 0.257. The van der Waals surface area contributed by atoms with Crippen molar-refractivity contribution >= 4 is 31.9 Å². The molecule has 0 fully saturated rings. The molecule has 0 aliphatic heterocycles. The predicted molar refractivity (Wildman–Crippen MR) is 62.6 cm³/mol. The molecular formula is C9H11Br2F2NO2. The topological polar surface area (TPSA) is 34.4 Å². The Morgan fingerprint density at radius 2 is 2.19 bits per heavy atom. The highest BCUT2D eigenvalue weighted by molar-refractivity contribution is 9.13. The van der Waals surface area contributed by atoms with E-state index in [1.165, 1.54) is 0 Å². The second-order valence-corrected chi connectivity index (χ2v) is 4.55. The average Bonchev–Trinajstić information content (AvgIpc) is 2.52. The van der Waals surface area contributed by atoms with Crippen LogP contribution in [0.2, 0.25) is 0 Å². The van der Waals surface area contributed by atoms with Gasteiger partial charge in [0.25, 0.3) is 6.43 Å². The van der Waals surface area contributed by atoms with Gasteiger partial charge in [0.15, 0.2) is 4.67 Å². The molecule has 1 heterocycles. The minimum atomic E-state index is -2.41. The van der Waals surface area contributed by atoms with Crippen molar-refractivity contribution in [3.05, 3.63) is 21.0 Å². The second-order valence-electron chi connectivity index (χ2n) is 2.98. The normalized spacial score (nSPS) is 11.3. The summed E-state index contributed by atoms with van der Waals surface area (Å²) in [6, 6.07) is 1.83. The Hall–Kier alpha value is 0.0200. The summed E-state index contributed by atoms with van der Waals surface area (Å²) in [6.45, 7) is 0.776. The highest BCUT2D eigenvalue weighted by Gasteiger charge is 2.05. The fourth-order valence-electron chi connectivity index (χ4n) is 1.01. The SMILES string of the molecule is FC(F)COCCNCc1cc(Br)c(Br)o1. The lowest BCUT2D eigenvalue weighted by Gasteiger charge is -2.04. The number of ether oxygens (including phenoxy) is 1. The molecule has 0 saturated carbocycles. The highest BCUT2D eigenvalue weighted by atomic mass is 79.9. The number of alkyl halides is 2. The standard InChI is InChI=1S/C9H11Br2F2NO2/c10-7-3-6(16-9(7)11)4-14-1-2-15-5-8(12)13/h3,8,14H,1-2,4-5H2. The fraction of sp³-hybridized carbons (Fsp3) is 0.556. The lowest BCUT2D eigenvalue weighted by molar-refractivity contribution is 0.0186. The van der Waals surface area contributed by atoms with Crippen LogP contribution in [0.3, 0.4) is 0 Å². The summed E-state index contributed by atoms with van der Waals surface area (Å²) in [7, 11) is 0. The van der Waals surface area contributed by atoms with Crippen molar-refractivity contribution in [2.75, 3.05) is 19.8 Å². The van der Waals surface area contributed by atoms with Crippen molar-refractivity contribution < 1.29 is 17.9 Å². The highest BCUT2D eigenvalue weighted by Crippen LogP contribution is 2.26. The van der Waals surface area contributed by atoms with Gasteiger partial charge < -0.3 is 14.5 Å². The van der Waals surface area contributed by atoms with Gasteiger partial charge in [0.05, 0.1) is 17.6 Å². The zero-order chi connectivity index (χ0) is 12.0. The molecule has 0 radical (unpaired) electrons. The van der Waals surface area contributed by atoms with Crippen LogP contribution in [0.15, 0.2) is 19.6 Å². The molecular weight excluding hydrogens is 352 g/mol. The van der Waals surface area contributed by atoms with Gasteiger partial charge in [-0.1, -0.05) is 0 Å². The van der Waals surface area contributed by atoms with Crippen LogP contribution in [-0.2, 0) is 11.3 Å². The third kappa shape index (κ3) is 5.38. The largest absolute Gasteiger partial charge is 0.452 e. The van der Waals surface area contributed by atoms with E-state index in [4.69, 9.17) is 9.15 Å². The summed E-state index contributed by atoms with van der Waals surface area (Å²) in [5.41, 5.74) is 0. The molecule has 7 heteroatoms. The van der Waals surface area contributed by atoms with Crippen LogP contribution in [0.25, 0.3) is 0 Å². The number of nitrogens with one attached hydrogen (secondary N) is 1. The fourth-order valence-corrected chi connectivity index (χ4v) is 1.67. The van der Waals surface area contributed by atoms with Crippen LogP contribution >= 0.6 is 31.9 Å². The maximum Gasteiger partial charge on any atom is 0.261 e. The Morgan fingerprint density at radius 3 is 2.75 bits per heavy atom. The molecule has 1 aromatic heterocycles. The van der Waals surface area contributed by atoms with Crippen LogP contribution in [0.4, 0.5) is 8.78 Å². The molecule has 0 aromatic carbocycles. The van der Waals surface area contributed by atoms with Crippen molar-refractivity contribution in [3.63, 3.8) is 0 Å². The van der Waals surface area contributed by atoms with Crippen molar-refractivity contribution in [1.29, 1.82) is 0 Å². The predicted octanol–water partition coefficient (Wildman–Crippen LogP) is 3.18. The molecule has 92 valence electrons. The van der Waals surface area contributed by atoms with E-state index < -0.39 is 13.0 Å². The first-order valence-electron chi connectivity index (χ1n) is 4.60. The average molecular weight is 363 g/mol. The summed E-state index contributed by atoms with van der Waals surface area (Å²) in [5, 5.41) is 3.01. The Bertz CT molecular complexity index is 301. The third-order valence-corrected chi connectivity index (χ3v) is 3.37. The molecule has 1 aromatic rings. The second kappa shape index (κ2) is 7.37. The van der Waals surface area contributed by atoms with Gasteiger partial charge in [-0.15, -0.1) is 0 Å². The minimum Gasteiger partial charge on any atom is -0.452 e. The molecule has 1 N–H and O–H groups in total. The number of rotatable bonds is 7. The lowest BCUT2D eigenvalue weighted by atomic mass is 10.4. The molecule has 16 heavy (non-hydrogen) atoms. The molecule has 0 aliphatic carbocycles. The number of halogens is 4. The van der Waals surface area contributed by atoms with E-state index in [1.807, 2.05) is 6.07 Å². The van der Waals surface area contributed by atoms with E-state index in [-0.39, 0.29) is 6.61 Å². The summed E-state index contributed by atoms with van der Waals surface area (Å²) < 4.78 is 34.9. The van der Waals surface area contributed by atoms with E-state index in [0.717, 1.165) is 10.2 Å². The lowest BCUT2D eigenvalue weighted by Crippen LogP contribution is -2.20. The van der Waals surface area contributed by atoms with Gasteiger partial charge in [0.1, 0.15) is 12.4 Å². The van der Waals surface area contributed by atoms with Crippen molar-refractivity contribution in [1.82, 2.24) is 5.32 Å². The van der Waals surface area contributed by atoms with E-state index in [0.29, 0.717) is 17.8 Å². The Balaban J connectivity index is 2.07. The Labute approximate surface area is 109 Å². The Kier molecular flexibility index (Phi) is 6.48. The third-order valence-electron chi connectivity index (χ3n) is 1.66. The Morgan fingerprint density at radius 1 is 1.44 bits per heavy atom. The van der Waals surface area contributed by atoms with Crippen LogP contribution in [0, 0.1) is 0 Å². The van der Waals surface area contributed by atoms with E-state index >= 15 is 0 Å². The molecule has 1 rings (SSSR count). The smallest absolute Gasteiger partial charge is 0.261 e. The quantitative estimate of drug-likeness (QED) is 0.756. The molecule has 0 spiro atoms. The number of hydrogen-bond acceptors (Lipinski definition) is 3. The monoisotopic (exact) mass is 361 g/mol. The first-order chi connectivity index (χ1) is 7.59. The van der Waals surface area contributed by atoms with Gasteiger partial charge in [-0.25, -0.2) is 8.78 Å². The first-order valence-corrected chi connectivity index (χ1v) is 6.18. The van der Waals surface area contributed by atoms with Gasteiger partial charge in [0, 0.05) is 6.54 Å². The van der Waals surface area contributed by atoms with Gasteiger partial charge in [0.2, 0.25) is 0 Å². The van der Waals surface area contributed by atoms with Crippen LogP contribution in [-0.4, -0.2) is 26.2 Å². The zero-order valence-electron chi connectivity index (χ0n) is 8.31. The molecule has 0 atom stereocenters. The van der Waals surface area contributed by atoms with E-state index in [1.54, 1.807) is 0 Å². The summed E-state index contributed by atoms with van der Waals surface area (Å²) in [6.07, 6.45) is -2.41. The molecule has 0 aliphatic rings. The van der Waals surface area contributed by atoms with Crippen LogP contribution in [0.5, 0.6) is 0 Å². The summed E-state index contributed by atoms with van der Waals surface area (Å²) >= 11 is 6.51. The van der Waals surface area contributed by atoms with Crippen LogP contribution in [0.1, 0.15) is 5.76 Å². The van der Waals surface area contributed by atoms with E-state index in [2.05, 4.69) is 37.2 Å². The molecule has 0 amide bonds. The van der Waals surface area contributed by atoms with Gasteiger partial charge in [-0.3, -0.25) is 0 Å².